The van der Waals surface area contributed by atoms with Crippen LogP contribution in [0.1, 0.15) is 27.7 Å². The van der Waals surface area contributed by atoms with Crippen molar-refractivity contribution in [3.63, 3.8) is 0 Å². The lowest BCUT2D eigenvalue weighted by atomic mass is 10.3. The van der Waals surface area contributed by atoms with Crippen molar-refractivity contribution in [2.45, 2.75) is 33.7 Å². The maximum absolute atomic E-state index is 9.54. The first-order valence-electron chi connectivity index (χ1n) is 4.76. The molecule has 0 amide bonds. The van der Waals surface area contributed by atoms with Crippen LogP contribution in [-0.2, 0) is 0 Å². The van der Waals surface area contributed by atoms with E-state index >= 15 is 0 Å². The molecule has 0 fully saturated rings. The summed E-state index contributed by atoms with van der Waals surface area (Å²) in [6.45, 7) is 9.76. The number of aliphatic hydroxyl groups is 1. The Kier molecular flexibility index (Phi) is 5.55. The van der Waals surface area contributed by atoms with Gasteiger partial charge in [-0.1, -0.05) is 13.8 Å². The molecule has 13 heavy (non-hydrogen) atoms. The topological polar surface area (TPSA) is 35.5 Å². The Morgan fingerprint density at radius 2 is 1.92 bits per heavy atom. The van der Waals surface area contributed by atoms with Crippen LogP contribution in [0, 0.1) is 0 Å². The first kappa shape index (κ1) is 12.3. The summed E-state index contributed by atoms with van der Waals surface area (Å²) < 4.78 is 0. The van der Waals surface area contributed by atoms with E-state index in [1.807, 2.05) is 25.8 Å². The molecule has 0 unspecified atom stereocenters. The van der Waals surface area contributed by atoms with E-state index < -0.39 is 0 Å². The van der Waals surface area contributed by atoms with Crippen molar-refractivity contribution in [1.82, 2.24) is 10.2 Å². The van der Waals surface area contributed by atoms with Crippen molar-refractivity contribution in [1.29, 1.82) is 0 Å². The van der Waals surface area contributed by atoms with E-state index in [0.717, 1.165) is 18.7 Å². The Hall–Kier alpha value is -0.700. The highest BCUT2D eigenvalue weighted by atomic mass is 16.3. The van der Waals surface area contributed by atoms with Gasteiger partial charge in [0.05, 0.1) is 0 Å². The van der Waals surface area contributed by atoms with Gasteiger partial charge in [0, 0.05) is 26.2 Å². The van der Waals surface area contributed by atoms with Crippen LogP contribution in [0.3, 0.4) is 0 Å². The molecule has 0 aromatic carbocycles. The van der Waals surface area contributed by atoms with Crippen molar-refractivity contribution in [2.75, 3.05) is 20.1 Å². The van der Waals surface area contributed by atoms with E-state index in [1.54, 1.807) is 0 Å². The van der Waals surface area contributed by atoms with Crippen LogP contribution in [0.2, 0.25) is 0 Å². The number of aliphatic hydroxyl groups excluding tert-OH is 1. The lowest BCUT2D eigenvalue weighted by molar-refractivity contribution is 0.226. The molecule has 78 valence electrons. The average molecular weight is 186 g/mol. The van der Waals surface area contributed by atoms with Crippen LogP contribution in [0.15, 0.2) is 11.5 Å². The average Bonchev–Trinajstić information content (AvgIpc) is 2.02. The third kappa shape index (κ3) is 5.53. The van der Waals surface area contributed by atoms with E-state index in [1.165, 1.54) is 0 Å². The van der Waals surface area contributed by atoms with E-state index in [-0.39, 0.29) is 0 Å². The normalized spacial score (nSPS) is 10.3. The van der Waals surface area contributed by atoms with Crippen LogP contribution in [0.25, 0.3) is 0 Å². The van der Waals surface area contributed by atoms with Gasteiger partial charge in [-0.25, -0.2) is 0 Å². The van der Waals surface area contributed by atoms with Gasteiger partial charge in [-0.3, -0.25) is 0 Å². The van der Waals surface area contributed by atoms with Gasteiger partial charge in [0.1, 0.15) is 0 Å². The summed E-state index contributed by atoms with van der Waals surface area (Å²) in [5.41, 5.74) is 0.951. The molecule has 0 saturated heterocycles. The second-order valence-electron chi connectivity index (χ2n) is 3.85. The lowest BCUT2D eigenvalue weighted by Crippen LogP contribution is -2.32. The first-order chi connectivity index (χ1) is 5.95. The summed E-state index contributed by atoms with van der Waals surface area (Å²) in [7, 11) is 1.89. The summed E-state index contributed by atoms with van der Waals surface area (Å²) in [5, 5.41) is 12.8. The van der Waals surface area contributed by atoms with Crippen LogP contribution < -0.4 is 5.32 Å². The lowest BCUT2D eigenvalue weighted by Gasteiger charge is -2.20. The Bertz CT molecular complexity index is 172. The largest absolute Gasteiger partial charge is 0.495 e. The van der Waals surface area contributed by atoms with E-state index in [2.05, 4.69) is 19.2 Å². The highest BCUT2D eigenvalue weighted by Crippen LogP contribution is 2.02. The molecule has 0 saturated carbocycles. The Morgan fingerprint density at radius 1 is 1.38 bits per heavy atom. The number of nitrogens with one attached hydrogen (secondary N) is 1. The maximum atomic E-state index is 9.54. The summed E-state index contributed by atoms with van der Waals surface area (Å²) in [5.74, 6) is 0.380. The quantitative estimate of drug-likeness (QED) is 0.642. The van der Waals surface area contributed by atoms with E-state index in [0.29, 0.717) is 11.9 Å². The highest BCUT2D eigenvalue weighted by Gasteiger charge is 2.03. The fraction of sp³-hybridized carbons (Fsp3) is 0.800. The molecule has 0 heterocycles. The Balaban J connectivity index is 3.75. The van der Waals surface area contributed by atoms with Crippen LogP contribution >= 0.6 is 0 Å². The van der Waals surface area contributed by atoms with Gasteiger partial charge < -0.3 is 15.3 Å². The monoisotopic (exact) mass is 186 g/mol. The second kappa shape index (κ2) is 5.86. The molecule has 2 N–H and O–H groups in total. The fourth-order valence-corrected chi connectivity index (χ4v) is 1.01. The Labute approximate surface area is 81.4 Å². The minimum Gasteiger partial charge on any atom is -0.495 e. The molecule has 0 aliphatic rings. The van der Waals surface area contributed by atoms with Crippen molar-refractivity contribution >= 4 is 0 Å². The zero-order chi connectivity index (χ0) is 10.4. The van der Waals surface area contributed by atoms with Crippen molar-refractivity contribution in [3.8, 4) is 0 Å². The summed E-state index contributed by atoms with van der Waals surface area (Å²) in [4.78, 5) is 1.85. The van der Waals surface area contributed by atoms with Crippen LogP contribution in [-0.4, -0.2) is 36.2 Å². The molecule has 0 aromatic rings. The van der Waals surface area contributed by atoms with Gasteiger partial charge >= 0.3 is 0 Å². The van der Waals surface area contributed by atoms with Gasteiger partial charge in [0.15, 0.2) is 5.88 Å². The first-order valence-corrected chi connectivity index (χ1v) is 4.76. The molecule has 0 atom stereocenters. The van der Waals surface area contributed by atoms with Crippen LogP contribution in [0.5, 0.6) is 0 Å². The number of likely N-dealkylation sites (N-methyl/N-ethyl adjacent to an activating group) is 1. The molecule has 0 radical (unpaired) electrons. The molecule has 0 rings (SSSR count). The third-order valence-electron chi connectivity index (χ3n) is 1.81. The van der Waals surface area contributed by atoms with E-state index in [9.17, 15) is 5.11 Å². The number of allylic oxidation sites excluding steroid dienone is 1. The minimum absolute atomic E-state index is 0.380. The summed E-state index contributed by atoms with van der Waals surface area (Å²) in [6.07, 6.45) is 0. The van der Waals surface area contributed by atoms with Gasteiger partial charge in [-0.15, -0.1) is 0 Å². The predicted octanol–water partition coefficient (Wildman–Crippen LogP) is 1.73. The van der Waals surface area contributed by atoms with Crippen molar-refractivity contribution in [3.05, 3.63) is 11.5 Å². The molecule has 0 bridgehead atoms. The molecule has 3 heteroatoms. The minimum atomic E-state index is 0.380. The molecular weight excluding hydrogens is 164 g/mol. The van der Waals surface area contributed by atoms with Crippen molar-refractivity contribution < 1.29 is 5.11 Å². The molecule has 0 spiro atoms. The standard InChI is InChI=1S/C10H22N2O/c1-8(2)10(13)12(5)7-6-11-9(3)4/h9,11,13H,6-7H2,1-5H3. The SMILES string of the molecule is CC(C)=C(O)N(C)CCNC(C)C. The third-order valence-corrected chi connectivity index (χ3v) is 1.81. The van der Waals surface area contributed by atoms with E-state index in [4.69, 9.17) is 0 Å². The zero-order valence-corrected chi connectivity index (χ0v) is 9.39. The number of rotatable bonds is 5. The fourth-order valence-electron chi connectivity index (χ4n) is 1.01. The number of hydrogen-bond donors (Lipinski definition) is 2. The molecule has 0 aliphatic heterocycles. The van der Waals surface area contributed by atoms with Gasteiger partial charge in [-0.2, -0.15) is 0 Å². The van der Waals surface area contributed by atoms with Gasteiger partial charge in [0.25, 0.3) is 0 Å². The second-order valence-corrected chi connectivity index (χ2v) is 3.85. The molecular formula is C10H22N2O. The summed E-state index contributed by atoms with van der Waals surface area (Å²) in [6, 6.07) is 0.502. The van der Waals surface area contributed by atoms with Gasteiger partial charge in [0.2, 0.25) is 0 Å². The smallest absolute Gasteiger partial charge is 0.185 e. The van der Waals surface area contributed by atoms with Crippen molar-refractivity contribution in [2.24, 2.45) is 0 Å². The molecule has 3 nitrogen and oxygen atoms in total. The predicted molar refractivity (Wildman–Crippen MR) is 56.8 cm³/mol. The maximum Gasteiger partial charge on any atom is 0.185 e. The van der Waals surface area contributed by atoms with Crippen LogP contribution in [0.4, 0.5) is 0 Å². The van der Waals surface area contributed by atoms with Gasteiger partial charge in [-0.05, 0) is 19.4 Å². The Morgan fingerprint density at radius 3 is 2.31 bits per heavy atom. The molecule has 0 aliphatic carbocycles. The summed E-state index contributed by atoms with van der Waals surface area (Å²) >= 11 is 0. The number of hydrogen-bond acceptors (Lipinski definition) is 3. The zero-order valence-electron chi connectivity index (χ0n) is 9.39. The number of nitrogens with zero attached hydrogens (tertiary/aromatic N) is 1. The molecule has 0 aromatic heterocycles. The highest BCUT2D eigenvalue weighted by molar-refractivity contribution is 4.99.